The maximum atomic E-state index is 8.64. The molecule has 1 aromatic carbocycles. The minimum atomic E-state index is 0.0667. The predicted octanol–water partition coefficient (Wildman–Crippen LogP) is 1.82. The number of oxime groups is 1. The Hall–Kier alpha value is -1.54. The number of hydrogen-bond acceptors (Lipinski definition) is 5. The number of halogens is 1. The Morgan fingerprint density at radius 1 is 1.56 bits per heavy atom. The monoisotopic (exact) mass is 327 g/mol. The van der Waals surface area contributed by atoms with Gasteiger partial charge in [-0.05, 0) is 45.9 Å². The molecule has 0 saturated carbocycles. The summed E-state index contributed by atoms with van der Waals surface area (Å²) in [5, 5.41) is 20.2. The first-order valence-electron chi connectivity index (χ1n) is 4.91. The van der Waals surface area contributed by atoms with Crippen molar-refractivity contribution in [2.45, 2.75) is 10.1 Å². The molecular weight excluding hydrogens is 318 g/mol. The maximum absolute atomic E-state index is 8.64. The van der Waals surface area contributed by atoms with Gasteiger partial charge in [-0.3, -0.25) is 0 Å². The number of nitrogens with two attached hydrogens (primary N) is 1. The third-order valence-electron chi connectivity index (χ3n) is 2.20. The van der Waals surface area contributed by atoms with Gasteiger partial charge >= 0.3 is 0 Å². The first-order chi connectivity index (χ1) is 8.61. The maximum Gasteiger partial charge on any atom is 0.195 e. The van der Waals surface area contributed by atoms with Gasteiger partial charge in [0.05, 0.1) is 0 Å². The molecule has 0 aliphatic heterocycles. The predicted molar refractivity (Wildman–Crippen MR) is 71.8 cm³/mol. The molecule has 0 aliphatic carbocycles. The van der Waals surface area contributed by atoms with Crippen molar-refractivity contribution in [2.24, 2.45) is 17.9 Å². The molecule has 0 radical (unpaired) electrons. The highest BCUT2D eigenvalue weighted by molar-refractivity contribution is 9.10. The zero-order valence-electron chi connectivity index (χ0n) is 9.41. The molecule has 0 fully saturated rings. The third-order valence-corrected chi connectivity index (χ3v) is 3.90. The summed E-state index contributed by atoms with van der Waals surface area (Å²) in [6, 6.07) is 5.53. The van der Waals surface area contributed by atoms with Crippen LogP contribution in [-0.2, 0) is 7.05 Å². The Kier molecular flexibility index (Phi) is 3.87. The summed E-state index contributed by atoms with van der Waals surface area (Å²) < 4.78 is 2.58. The second kappa shape index (κ2) is 5.40. The van der Waals surface area contributed by atoms with Gasteiger partial charge in [-0.25, -0.2) is 0 Å². The van der Waals surface area contributed by atoms with Crippen LogP contribution in [0.15, 0.2) is 44.2 Å². The largest absolute Gasteiger partial charge is 0.409 e. The van der Waals surface area contributed by atoms with Crippen LogP contribution >= 0.6 is 27.7 Å². The van der Waals surface area contributed by atoms with Crippen molar-refractivity contribution < 1.29 is 5.21 Å². The summed E-state index contributed by atoms with van der Waals surface area (Å²) >= 11 is 4.86. The molecule has 1 aromatic heterocycles. The van der Waals surface area contributed by atoms with E-state index in [4.69, 9.17) is 10.9 Å². The Balaban J connectivity index is 2.27. The van der Waals surface area contributed by atoms with Crippen LogP contribution in [0.4, 0.5) is 0 Å². The topological polar surface area (TPSA) is 89.3 Å². The second-order valence-corrected chi connectivity index (χ2v) is 5.35. The van der Waals surface area contributed by atoms with E-state index in [0.717, 1.165) is 14.5 Å². The summed E-state index contributed by atoms with van der Waals surface area (Å²) in [5.74, 6) is 0.0667. The molecule has 0 saturated heterocycles. The molecule has 2 aromatic rings. The second-order valence-electron chi connectivity index (χ2n) is 3.45. The van der Waals surface area contributed by atoms with Gasteiger partial charge in [0, 0.05) is 22.0 Å². The van der Waals surface area contributed by atoms with Crippen molar-refractivity contribution in [3.05, 3.63) is 34.6 Å². The number of benzene rings is 1. The molecule has 0 unspecified atom stereocenters. The van der Waals surface area contributed by atoms with Crippen molar-refractivity contribution in [1.82, 2.24) is 14.8 Å². The van der Waals surface area contributed by atoms with E-state index in [1.54, 1.807) is 12.4 Å². The van der Waals surface area contributed by atoms with E-state index in [1.807, 2.05) is 23.7 Å². The minimum Gasteiger partial charge on any atom is -0.409 e. The van der Waals surface area contributed by atoms with E-state index < -0.39 is 0 Å². The highest BCUT2D eigenvalue weighted by Gasteiger charge is 2.08. The zero-order chi connectivity index (χ0) is 13.1. The molecule has 0 bridgehead atoms. The van der Waals surface area contributed by atoms with Gasteiger partial charge in [-0.2, -0.15) is 0 Å². The van der Waals surface area contributed by atoms with Gasteiger partial charge in [-0.1, -0.05) is 5.16 Å². The van der Waals surface area contributed by atoms with Crippen LogP contribution in [0, 0.1) is 0 Å². The lowest BCUT2D eigenvalue weighted by atomic mass is 10.2. The molecule has 3 N–H and O–H groups in total. The number of aromatic nitrogens is 3. The first-order valence-corrected chi connectivity index (χ1v) is 6.52. The van der Waals surface area contributed by atoms with E-state index >= 15 is 0 Å². The van der Waals surface area contributed by atoms with Gasteiger partial charge in [0.1, 0.15) is 6.33 Å². The van der Waals surface area contributed by atoms with Gasteiger partial charge in [0.25, 0.3) is 0 Å². The lowest BCUT2D eigenvalue weighted by Crippen LogP contribution is -2.13. The number of rotatable bonds is 3. The van der Waals surface area contributed by atoms with Gasteiger partial charge < -0.3 is 15.5 Å². The van der Waals surface area contributed by atoms with E-state index in [-0.39, 0.29) is 5.84 Å². The quantitative estimate of drug-likeness (QED) is 0.388. The first kappa shape index (κ1) is 12.9. The van der Waals surface area contributed by atoms with Gasteiger partial charge in [-0.15, -0.1) is 10.2 Å². The molecule has 1 heterocycles. The third kappa shape index (κ3) is 2.65. The summed E-state index contributed by atoms with van der Waals surface area (Å²) in [6.07, 6.45) is 1.64. The van der Waals surface area contributed by atoms with Crippen LogP contribution in [0.3, 0.4) is 0 Å². The van der Waals surface area contributed by atoms with Crippen molar-refractivity contribution in [3.8, 4) is 0 Å². The van der Waals surface area contributed by atoms with Crippen LogP contribution in [0.1, 0.15) is 5.56 Å². The Bertz CT molecular complexity index is 598. The van der Waals surface area contributed by atoms with Crippen molar-refractivity contribution in [2.75, 3.05) is 0 Å². The fraction of sp³-hybridized carbons (Fsp3) is 0.100. The molecule has 8 heteroatoms. The summed E-state index contributed by atoms with van der Waals surface area (Å²) in [7, 11) is 1.88. The Morgan fingerprint density at radius 3 is 2.89 bits per heavy atom. The summed E-state index contributed by atoms with van der Waals surface area (Å²) in [5.41, 5.74) is 6.18. The summed E-state index contributed by atoms with van der Waals surface area (Å²) in [6.45, 7) is 0. The van der Waals surface area contributed by atoms with Crippen LogP contribution in [0.25, 0.3) is 0 Å². The number of amidine groups is 1. The average molecular weight is 328 g/mol. The normalized spacial score (nSPS) is 11.8. The highest BCUT2D eigenvalue weighted by Crippen LogP contribution is 2.29. The van der Waals surface area contributed by atoms with Crippen LogP contribution in [-0.4, -0.2) is 25.8 Å². The van der Waals surface area contributed by atoms with E-state index in [0.29, 0.717) is 5.56 Å². The number of hydrogen-bond donors (Lipinski definition) is 2. The smallest absolute Gasteiger partial charge is 0.195 e. The van der Waals surface area contributed by atoms with Crippen molar-refractivity contribution in [3.63, 3.8) is 0 Å². The van der Waals surface area contributed by atoms with Crippen molar-refractivity contribution >= 4 is 33.5 Å². The molecule has 18 heavy (non-hydrogen) atoms. The zero-order valence-corrected chi connectivity index (χ0v) is 11.8. The van der Waals surface area contributed by atoms with E-state index in [2.05, 4.69) is 31.3 Å². The lowest BCUT2D eigenvalue weighted by molar-refractivity contribution is 0.318. The van der Waals surface area contributed by atoms with Crippen molar-refractivity contribution in [1.29, 1.82) is 0 Å². The van der Waals surface area contributed by atoms with Crippen LogP contribution in [0.2, 0.25) is 0 Å². The summed E-state index contributed by atoms with van der Waals surface area (Å²) in [4.78, 5) is 0.979. The standard InChI is InChI=1S/C10H10BrN5OS/c1-16-5-13-14-10(16)18-6-2-3-7(8(11)4-6)9(12)15-17/h2-5,17H,1H3,(H2,12,15). The Labute approximate surface area is 116 Å². The average Bonchev–Trinajstić information content (AvgIpc) is 2.74. The van der Waals surface area contributed by atoms with Crippen LogP contribution in [0.5, 0.6) is 0 Å². The molecule has 94 valence electrons. The fourth-order valence-corrected chi connectivity index (χ4v) is 2.83. The molecule has 2 rings (SSSR count). The minimum absolute atomic E-state index is 0.0667. The SMILES string of the molecule is Cn1cnnc1Sc1ccc(/C(N)=N/O)c(Br)c1. The van der Waals surface area contributed by atoms with Gasteiger partial charge in [0.15, 0.2) is 11.0 Å². The molecule has 6 nitrogen and oxygen atoms in total. The van der Waals surface area contributed by atoms with E-state index in [1.165, 1.54) is 11.8 Å². The molecule has 0 atom stereocenters. The number of aryl methyl sites for hydroxylation is 1. The fourth-order valence-electron chi connectivity index (χ4n) is 1.29. The molecule has 0 aliphatic rings. The van der Waals surface area contributed by atoms with Gasteiger partial charge in [0.2, 0.25) is 0 Å². The molecule has 0 amide bonds. The molecule has 0 spiro atoms. The lowest BCUT2D eigenvalue weighted by Gasteiger charge is -2.05. The van der Waals surface area contributed by atoms with Crippen LogP contribution < -0.4 is 5.73 Å². The molecular formula is C10H10BrN5OS. The van der Waals surface area contributed by atoms with E-state index in [9.17, 15) is 0 Å². The Morgan fingerprint density at radius 2 is 2.33 bits per heavy atom. The highest BCUT2D eigenvalue weighted by atomic mass is 79.9. The number of nitrogens with zero attached hydrogens (tertiary/aromatic N) is 4.